The molecule has 0 unspecified atom stereocenters. The largest absolute Gasteiger partial charge is 0.378 e. The number of nitrogens with one attached hydrogen (secondary N) is 1. The van der Waals surface area contributed by atoms with E-state index in [9.17, 15) is 4.79 Å². The highest BCUT2D eigenvalue weighted by Crippen LogP contribution is 2.20. The third-order valence-electron chi connectivity index (χ3n) is 2.24. The Labute approximate surface area is 105 Å². The van der Waals surface area contributed by atoms with Crippen molar-refractivity contribution < 1.29 is 0 Å². The molecule has 2 heterocycles. The van der Waals surface area contributed by atoms with Crippen LogP contribution in [0.2, 0.25) is 0 Å². The third kappa shape index (κ3) is 1.78. The lowest BCUT2D eigenvalue weighted by atomic mass is 10.3. The minimum absolute atomic E-state index is 0.163. The molecule has 7 nitrogen and oxygen atoms in total. The second-order valence-electron chi connectivity index (χ2n) is 3.48. The van der Waals surface area contributed by atoms with Gasteiger partial charge in [-0.25, -0.2) is 0 Å². The molecule has 0 saturated heterocycles. The summed E-state index contributed by atoms with van der Waals surface area (Å²) in [6.45, 7) is 0. The van der Waals surface area contributed by atoms with E-state index in [1.54, 1.807) is 0 Å². The van der Waals surface area contributed by atoms with Gasteiger partial charge >= 0.3 is 5.56 Å². The average molecular weight is 260 g/mol. The first kappa shape index (κ1) is 10.7. The zero-order chi connectivity index (χ0) is 12.5. The summed E-state index contributed by atoms with van der Waals surface area (Å²) in [7, 11) is 0. The number of rotatable bonds is 2. The van der Waals surface area contributed by atoms with Crippen molar-refractivity contribution in [2.45, 2.75) is 0 Å². The van der Waals surface area contributed by atoms with Crippen LogP contribution in [-0.4, -0.2) is 19.8 Å². The number of aromatic nitrogens is 4. The van der Waals surface area contributed by atoms with Crippen LogP contribution >= 0.6 is 11.3 Å². The molecule has 0 aliphatic heterocycles. The Hall–Kier alpha value is -2.48. The maximum absolute atomic E-state index is 11.6. The summed E-state index contributed by atoms with van der Waals surface area (Å²) in [6.07, 6.45) is 0. The number of nitrogens with two attached hydrogens (primary N) is 1. The van der Waals surface area contributed by atoms with Crippen LogP contribution in [0.25, 0.3) is 4.96 Å². The lowest BCUT2D eigenvalue weighted by Gasteiger charge is -1.99. The van der Waals surface area contributed by atoms with Gasteiger partial charge < -0.3 is 11.1 Å². The van der Waals surface area contributed by atoms with Crippen LogP contribution in [0.15, 0.2) is 35.1 Å². The third-order valence-corrected chi connectivity index (χ3v) is 3.05. The van der Waals surface area contributed by atoms with Crippen molar-refractivity contribution >= 4 is 32.9 Å². The standard InChI is InChI=1S/C10H8N6OS/c11-7-8(17)16-10(14-13-7)18-9(15-16)12-6-4-2-1-3-5-6/h1-5H,(H2,11,13)(H,12,15). The second-order valence-corrected chi connectivity index (χ2v) is 4.44. The molecule has 0 bridgehead atoms. The van der Waals surface area contributed by atoms with Crippen LogP contribution in [-0.2, 0) is 0 Å². The number of para-hydroxylation sites is 1. The number of hydrogen-bond donors (Lipinski definition) is 2. The molecule has 0 amide bonds. The van der Waals surface area contributed by atoms with Gasteiger partial charge in [0.1, 0.15) is 0 Å². The molecule has 1 aromatic carbocycles. The minimum atomic E-state index is -0.461. The second kappa shape index (κ2) is 4.08. The summed E-state index contributed by atoms with van der Waals surface area (Å²) < 4.78 is 1.14. The summed E-state index contributed by atoms with van der Waals surface area (Å²) in [6, 6.07) is 9.52. The number of anilines is 3. The Morgan fingerprint density at radius 3 is 2.78 bits per heavy atom. The highest BCUT2D eigenvalue weighted by Gasteiger charge is 2.09. The van der Waals surface area contributed by atoms with E-state index in [1.807, 2.05) is 30.3 Å². The van der Waals surface area contributed by atoms with E-state index in [0.717, 1.165) is 10.2 Å². The number of nitrogen functional groups attached to an aromatic ring is 1. The molecule has 0 spiro atoms. The molecule has 8 heteroatoms. The molecule has 0 saturated carbocycles. The molecular weight excluding hydrogens is 252 g/mol. The average Bonchev–Trinajstić information content (AvgIpc) is 2.79. The number of benzene rings is 1. The molecule has 90 valence electrons. The van der Waals surface area contributed by atoms with E-state index < -0.39 is 5.56 Å². The highest BCUT2D eigenvalue weighted by atomic mass is 32.1. The molecule has 0 radical (unpaired) electrons. The Kier molecular flexibility index (Phi) is 2.41. The summed E-state index contributed by atoms with van der Waals surface area (Å²) in [5, 5.41) is 15.1. The van der Waals surface area contributed by atoms with Crippen LogP contribution < -0.4 is 16.6 Å². The van der Waals surface area contributed by atoms with Crippen molar-refractivity contribution in [2.75, 3.05) is 11.1 Å². The Morgan fingerprint density at radius 2 is 2.00 bits per heavy atom. The zero-order valence-electron chi connectivity index (χ0n) is 9.07. The van der Waals surface area contributed by atoms with E-state index in [4.69, 9.17) is 5.73 Å². The van der Waals surface area contributed by atoms with Crippen LogP contribution in [0.5, 0.6) is 0 Å². The molecule has 0 aliphatic carbocycles. The fraction of sp³-hybridized carbons (Fsp3) is 0. The fourth-order valence-corrected chi connectivity index (χ4v) is 2.18. The summed E-state index contributed by atoms with van der Waals surface area (Å²) in [4.78, 5) is 12.0. The van der Waals surface area contributed by atoms with Crippen molar-refractivity contribution in [2.24, 2.45) is 0 Å². The predicted octanol–water partition coefficient (Wildman–Crippen LogP) is 0.872. The van der Waals surface area contributed by atoms with Crippen LogP contribution in [0.1, 0.15) is 0 Å². The van der Waals surface area contributed by atoms with Gasteiger partial charge in [-0.15, -0.1) is 15.3 Å². The Bertz CT molecular complexity index is 750. The first-order valence-corrected chi connectivity index (χ1v) is 5.90. The molecule has 0 aliphatic rings. The highest BCUT2D eigenvalue weighted by molar-refractivity contribution is 7.20. The molecule has 0 fully saturated rings. The van der Waals surface area contributed by atoms with Gasteiger partial charge in [0.15, 0.2) is 0 Å². The predicted molar refractivity (Wildman–Crippen MR) is 69.1 cm³/mol. The summed E-state index contributed by atoms with van der Waals surface area (Å²) in [5.74, 6) is -0.163. The van der Waals surface area contributed by atoms with Crippen molar-refractivity contribution in [1.82, 2.24) is 19.8 Å². The lowest BCUT2D eigenvalue weighted by Crippen LogP contribution is -2.20. The van der Waals surface area contributed by atoms with E-state index in [1.165, 1.54) is 11.3 Å². The first-order chi connectivity index (χ1) is 8.74. The maximum Gasteiger partial charge on any atom is 0.318 e. The van der Waals surface area contributed by atoms with E-state index in [-0.39, 0.29) is 5.82 Å². The molecule has 18 heavy (non-hydrogen) atoms. The smallest absolute Gasteiger partial charge is 0.318 e. The van der Waals surface area contributed by atoms with Gasteiger partial charge in [0.25, 0.3) is 0 Å². The van der Waals surface area contributed by atoms with Gasteiger partial charge in [0.05, 0.1) is 0 Å². The van der Waals surface area contributed by atoms with Gasteiger partial charge in [0.2, 0.25) is 15.9 Å². The van der Waals surface area contributed by atoms with Gasteiger partial charge in [-0.3, -0.25) is 4.79 Å². The molecule has 3 aromatic rings. The van der Waals surface area contributed by atoms with Crippen molar-refractivity contribution in [3.05, 3.63) is 40.7 Å². The van der Waals surface area contributed by atoms with E-state index >= 15 is 0 Å². The minimum Gasteiger partial charge on any atom is -0.378 e. The van der Waals surface area contributed by atoms with Crippen LogP contribution in [0, 0.1) is 0 Å². The Morgan fingerprint density at radius 1 is 1.22 bits per heavy atom. The SMILES string of the molecule is Nc1nnc2sc(Nc3ccccc3)nn2c1=O. The molecule has 0 atom stereocenters. The number of fused-ring (bicyclic) bond motifs is 1. The molecule has 3 N–H and O–H groups in total. The van der Waals surface area contributed by atoms with Gasteiger partial charge in [-0.05, 0) is 12.1 Å². The number of nitrogens with zero attached hydrogens (tertiary/aromatic N) is 4. The zero-order valence-corrected chi connectivity index (χ0v) is 9.89. The van der Waals surface area contributed by atoms with E-state index in [0.29, 0.717) is 10.1 Å². The monoisotopic (exact) mass is 260 g/mol. The summed E-state index contributed by atoms with van der Waals surface area (Å²) >= 11 is 1.23. The van der Waals surface area contributed by atoms with Crippen molar-refractivity contribution in [1.29, 1.82) is 0 Å². The van der Waals surface area contributed by atoms with Gasteiger partial charge in [-0.2, -0.15) is 4.52 Å². The van der Waals surface area contributed by atoms with Gasteiger partial charge in [-0.1, -0.05) is 29.5 Å². The molecule has 3 rings (SSSR count). The normalized spacial score (nSPS) is 10.7. The molecule has 2 aromatic heterocycles. The van der Waals surface area contributed by atoms with Crippen molar-refractivity contribution in [3.8, 4) is 0 Å². The lowest BCUT2D eigenvalue weighted by molar-refractivity contribution is 0.864. The van der Waals surface area contributed by atoms with Crippen molar-refractivity contribution in [3.63, 3.8) is 0 Å². The number of hydrogen-bond acceptors (Lipinski definition) is 7. The quantitative estimate of drug-likeness (QED) is 0.709. The van der Waals surface area contributed by atoms with E-state index in [2.05, 4.69) is 20.6 Å². The maximum atomic E-state index is 11.6. The fourth-order valence-electron chi connectivity index (χ4n) is 1.42. The van der Waals surface area contributed by atoms with Crippen LogP contribution in [0.3, 0.4) is 0 Å². The topological polar surface area (TPSA) is 98.2 Å². The van der Waals surface area contributed by atoms with Gasteiger partial charge in [0, 0.05) is 5.69 Å². The van der Waals surface area contributed by atoms with Crippen LogP contribution in [0.4, 0.5) is 16.6 Å². The Balaban J connectivity index is 2.04. The molecular formula is C10H8N6OS. The first-order valence-electron chi connectivity index (χ1n) is 5.08. The summed E-state index contributed by atoms with van der Waals surface area (Å²) in [5.41, 5.74) is 5.80.